The molecule has 142 valence electrons. The summed E-state index contributed by atoms with van der Waals surface area (Å²) < 4.78 is 12.9. The van der Waals surface area contributed by atoms with Crippen molar-refractivity contribution in [1.82, 2.24) is 4.98 Å². The van der Waals surface area contributed by atoms with E-state index in [1.807, 2.05) is 36.4 Å². The molecule has 0 saturated carbocycles. The summed E-state index contributed by atoms with van der Waals surface area (Å²) in [5, 5.41) is 0.983. The zero-order valence-electron chi connectivity index (χ0n) is 16.6. The number of thiazole rings is 1. The number of fused-ring (bicyclic) bond motifs is 1. The first kappa shape index (κ1) is 18.5. The van der Waals surface area contributed by atoms with Crippen molar-refractivity contribution >= 4 is 21.6 Å². The summed E-state index contributed by atoms with van der Waals surface area (Å²) in [6.07, 6.45) is 0. The molecule has 4 aromatic rings. The van der Waals surface area contributed by atoms with Crippen molar-refractivity contribution < 1.29 is 9.47 Å². The van der Waals surface area contributed by atoms with E-state index in [2.05, 4.69) is 39.0 Å². The highest BCUT2D eigenvalue weighted by Crippen LogP contribution is 2.36. The third kappa shape index (κ3) is 3.60. The molecular weight excluding hydrogens is 366 g/mol. The first-order chi connectivity index (χ1) is 13.5. The Morgan fingerprint density at radius 2 is 1.64 bits per heavy atom. The lowest BCUT2D eigenvalue weighted by atomic mass is 10.0. The Kier molecular flexibility index (Phi) is 5.05. The summed E-state index contributed by atoms with van der Waals surface area (Å²) in [7, 11) is 1.67. The van der Waals surface area contributed by atoms with E-state index in [-0.39, 0.29) is 0 Å². The van der Waals surface area contributed by atoms with Crippen LogP contribution in [0.5, 0.6) is 11.5 Å². The van der Waals surface area contributed by atoms with Crippen LogP contribution in [0.2, 0.25) is 0 Å². The van der Waals surface area contributed by atoms with Gasteiger partial charge in [0, 0.05) is 5.56 Å². The van der Waals surface area contributed by atoms with E-state index in [9.17, 15) is 0 Å². The van der Waals surface area contributed by atoms with Gasteiger partial charge in [0.25, 0.3) is 0 Å². The van der Waals surface area contributed by atoms with E-state index >= 15 is 0 Å². The van der Waals surface area contributed by atoms with Gasteiger partial charge in [0.1, 0.15) is 11.6 Å². The van der Waals surface area contributed by atoms with Gasteiger partial charge in [-0.2, -0.15) is 0 Å². The summed E-state index contributed by atoms with van der Waals surface area (Å²) in [5.41, 5.74) is 7.06. The second-order valence-electron chi connectivity index (χ2n) is 7.02. The molecule has 0 saturated heterocycles. The van der Waals surface area contributed by atoms with Crippen LogP contribution in [0, 0.1) is 20.8 Å². The van der Waals surface area contributed by atoms with Crippen molar-refractivity contribution in [2.24, 2.45) is 0 Å². The number of rotatable bonds is 5. The van der Waals surface area contributed by atoms with E-state index in [1.165, 1.54) is 27.0 Å². The average Bonchev–Trinajstić information content (AvgIpc) is 3.11. The van der Waals surface area contributed by atoms with Crippen LogP contribution in [-0.2, 0) is 6.61 Å². The molecule has 0 radical (unpaired) electrons. The largest absolute Gasteiger partial charge is 0.493 e. The van der Waals surface area contributed by atoms with Gasteiger partial charge in [-0.15, -0.1) is 11.3 Å². The molecule has 1 aromatic heterocycles. The predicted octanol–water partition coefficient (Wildman–Crippen LogP) is 6.48. The fraction of sp³-hybridized carbons (Fsp3) is 0.208. The number of aryl methyl sites for hydroxylation is 3. The van der Waals surface area contributed by atoms with Gasteiger partial charge in [0.15, 0.2) is 11.5 Å². The molecule has 1 heterocycles. The van der Waals surface area contributed by atoms with Gasteiger partial charge in [-0.05, 0) is 67.8 Å². The minimum Gasteiger partial charge on any atom is -0.493 e. The number of hydrogen-bond donors (Lipinski definition) is 0. The molecule has 0 aliphatic rings. The van der Waals surface area contributed by atoms with Crippen LogP contribution in [0.4, 0.5) is 0 Å². The third-order valence-electron chi connectivity index (χ3n) is 4.92. The number of hydrogen-bond acceptors (Lipinski definition) is 4. The van der Waals surface area contributed by atoms with Gasteiger partial charge >= 0.3 is 0 Å². The van der Waals surface area contributed by atoms with Gasteiger partial charge in [-0.3, -0.25) is 0 Å². The Labute approximate surface area is 169 Å². The van der Waals surface area contributed by atoms with Gasteiger partial charge in [0.2, 0.25) is 0 Å². The van der Waals surface area contributed by atoms with Gasteiger partial charge < -0.3 is 9.47 Å². The molecule has 0 aliphatic heterocycles. The van der Waals surface area contributed by atoms with Crippen molar-refractivity contribution in [1.29, 1.82) is 0 Å². The van der Waals surface area contributed by atoms with E-state index in [1.54, 1.807) is 18.4 Å². The quantitative estimate of drug-likeness (QED) is 0.392. The second kappa shape index (κ2) is 7.64. The molecule has 0 unspecified atom stereocenters. The maximum atomic E-state index is 6.12. The van der Waals surface area contributed by atoms with Crippen LogP contribution in [0.25, 0.3) is 20.8 Å². The molecule has 0 aliphatic carbocycles. The summed E-state index contributed by atoms with van der Waals surface area (Å²) in [5.74, 6) is 1.46. The zero-order valence-corrected chi connectivity index (χ0v) is 17.4. The van der Waals surface area contributed by atoms with Crippen molar-refractivity contribution in [3.05, 3.63) is 76.9 Å². The molecule has 0 spiro atoms. The summed E-state index contributed by atoms with van der Waals surface area (Å²) in [6, 6.07) is 18.6. The molecule has 3 aromatic carbocycles. The number of methoxy groups -OCH3 is 1. The summed E-state index contributed by atoms with van der Waals surface area (Å²) >= 11 is 1.68. The number of para-hydroxylation sites is 1. The lowest BCUT2D eigenvalue weighted by Crippen LogP contribution is -2.02. The van der Waals surface area contributed by atoms with Crippen molar-refractivity contribution in [2.45, 2.75) is 27.4 Å². The zero-order chi connectivity index (χ0) is 19.7. The Morgan fingerprint density at radius 1 is 0.893 bits per heavy atom. The molecule has 0 fully saturated rings. The highest BCUT2D eigenvalue weighted by molar-refractivity contribution is 7.21. The molecule has 0 N–H and O–H groups in total. The lowest BCUT2D eigenvalue weighted by Gasteiger charge is -2.15. The molecule has 0 amide bonds. The number of ether oxygens (including phenoxy) is 2. The van der Waals surface area contributed by atoms with Crippen molar-refractivity contribution in [3.8, 4) is 22.1 Å². The Balaban J connectivity index is 1.61. The molecule has 4 rings (SSSR count). The summed E-state index contributed by atoms with van der Waals surface area (Å²) in [4.78, 5) is 4.74. The van der Waals surface area contributed by atoms with Crippen molar-refractivity contribution in [2.75, 3.05) is 7.11 Å². The molecule has 28 heavy (non-hydrogen) atoms. The van der Waals surface area contributed by atoms with Crippen LogP contribution < -0.4 is 9.47 Å². The van der Waals surface area contributed by atoms with E-state index in [4.69, 9.17) is 14.5 Å². The van der Waals surface area contributed by atoms with Gasteiger partial charge in [-0.25, -0.2) is 4.98 Å². The smallest absolute Gasteiger partial charge is 0.161 e. The van der Waals surface area contributed by atoms with Crippen LogP contribution >= 0.6 is 11.3 Å². The maximum absolute atomic E-state index is 6.12. The first-order valence-corrected chi connectivity index (χ1v) is 10.1. The molecular formula is C24H23NO2S. The monoisotopic (exact) mass is 389 g/mol. The fourth-order valence-corrected chi connectivity index (χ4v) is 4.47. The Bertz CT molecular complexity index is 1090. The molecule has 0 bridgehead atoms. The van der Waals surface area contributed by atoms with E-state index in [0.717, 1.165) is 27.6 Å². The lowest BCUT2D eigenvalue weighted by molar-refractivity contribution is 0.283. The highest BCUT2D eigenvalue weighted by Gasteiger charge is 2.12. The average molecular weight is 390 g/mol. The Morgan fingerprint density at radius 3 is 2.36 bits per heavy atom. The number of benzene rings is 3. The fourth-order valence-electron chi connectivity index (χ4n) is 3.50. The standard InChI is InChI=1S/C24H23NO2S/c1-15-11-16(2)19(17(3)12-15)14-27-21-10-9-18(13-22(21)26-4)24-25-20-7-5-6-8-23(20)28-24/h5-13H,14H2,1-4H3. The minimum absolute atomic E-state index is 0.523. The molecule has 4 heteroatoms. The van der Waals surface area contributed by atoms with Crippen LogP contribution in [0.1, 0.15) is 22.3 Å². The van der Waals surface area contributed by atoms with Crippen molar-refractivity contribution in [3.63, 3.8) is 0 Å². The van der Waals surface area contributed by atoms with Gasteiger partial charge in [0.05, 0.1) is 17.3 Å². The van der Waals surface area contributed by atoms with Crippen LogP contribution in [0.15, 0.2) is 54.6 Å². The minimum atomic E-state index is 0.523. The summed E-state index contributed by atoms with van der Waals surface area (Å²) in [6.45, 7) is 6.90. The highest BCUT2D eigenvalue weighted by atomic mass is 32.1. The number of nitrogens with zero attached hydrogens (tertiary/aromatic N) is 1. The van der Waals surface area contributed by atoms with Crippen LogP contribution in [-0.4, -0.2) is 12.1 Å². The number of aromatic nitrogens is 1. The molecule has 3 nitrogen and oxygen atoms in total. The van der Waals surface area contributed by atoms with Crippen LogP contribution in [0.3, 0.4) is 0 Å². The van der Waals surface area contributed by atoms with E-state index in [0.29, 0.717) is 6.61 Å². The maximum Gasteiger partial charge on any atom is 0.161 e. The third-order valence-corrected chi connectivity index (χ3v) is 6.00. The van der Waals surface area contributed by atoms with Gasteiger partial charge in [-0.1, -0.05) is 29.8 Å². The molecule has 0 atom stereocenters. The first-order valence-electron chi connectivity index (χ1n) is 9.28. The normalized spacial score (nSPS) is 11.0. The second-order valence-corrected chi connectivity index (χ2v) is 8.05. The van der Waals surface area contributed by atoms with E-state index < -0.39 is 0 Å². The topological polar surface area (TPSA) is 31.4 Å². The Hall–Kier alpha value is -2.85. The SMILES string of the molecule is COc1cc(-c2nc3ccccc3s2)ccc1OCc1c(C)cc(C)cc1C. The predicted molar refractivity (Wildman–Crippen MR) is 117 cm³/mol.